The van der Waals surface area contributed by atoms with Gasteiger partial charge >= 0.3 is 12.2 Å². The monoisotopic (exact) mass is 915 g/mol. The summed E-state index contributed by atoms with van der Waals surface area (Å²) in [6.45, 7) is 19.0. The third kappa shape index (κ3) is 12.0. The second-order valence-corrected chi connectivity index (χ2v) is 21.1. The van der Waals surface area contributed by atoms with Crippen LogP contribution in [0.25, 0.3) is 0 Å². The van der Waals surface area contributed by atoms with Crippen LogP contribution in [0.4, 0.5) is 32.3 Å². The molecule has 0 saturated carbocycles. The number of nitrogens with one attached hydrogen (secondary N) is 3. The Morgan fingerprint density at radius 3 is 1.64 bits per heavy atom. The largest absolute Gasteiger partial charge is 0.497 e. The van der Waals surface area contributed by atoms with Crippen molar-refractivity contribution in [3.05, 3.63) is 113 Å². The third-order valence-corrected chi connectivity index (χ3v) is 12.7. The van der Waals surface area contributed by atoms with Crippen molar-refractivity contribution in [2.75, 3.05) is 41.0 Å². The Hall–Kier alpha value is -6.24. The van der Waals surface area contributed by atoms with E-state index in [0.29, 0.717) is 50.3 Å². The van der Waals surface area contributed by atoms with Gasteiger partial charge in [0.2, 0.25) is 11.8 Å². The first-order valence-electron chi connectivity index (χ1n) is 23.8. The average Bonchev–Trinajstić information content (AvgIpc) is 4.06. The lowest BCUT2D eigenvalue weighted by atomic mass is 9.87. The summed E-state index contributed by atoms with van der Waals surface area (Å²) in [5.41, 5.74) is 6.18. The molecule has 0 bridgehead atoms. The van der Waals surface area contributed by atoms with Gasteiger partial charge in [0.25, 0.3) is 0 Å². The highest BCUT2D eigenvalue weighted by atomic mass is 16.6. The predicted molar refractivity (Wildman–Crippen MR) is 265 cm³/mol. The number of hydrogen-bond acceptors (Lipinski definition) is 9. The topological polar surface area (TPSA) is 142 Å². The van der Waals surface area contributed by atoms with E-state index < -0.39 is 35.5 Å². The highest BCUT2D eigenvalue weighted by molar-refractivity contribution is 5.99. The predicted octanol–water partition coefficient (Wildman–Crippen LogP) is 11.4. The van der Waals surface area contributed by atoms with Crippen LogP contribution in [-0.2, 0) is 31.0 Å². The minimum Gasteiger partial charge on any atom is -0.497 e. The maximum atomic E-state index is 14.3. The van der Waals surface area contributed by atoms with Crippen LogP contribution in [0.2, 0.25) is 0 Å². The van der Waals surface area contributed by atoms with Gasteiger partial charge in [-0.25, -0.2) is 9.59 Å². The van der Waals surface area contributed by atoms with Gasteiger partial charge in [-0.05, 0) is 156 Å². The van der Waals surface area contributed by atoms with Gasteiger partial charge in [0.15, 0.2) is 0 Å². The molecule has 67 heavy (non-hydrogen) atoms. The lowest BCUT2D eigenvalue weighted by Crippen LogP contribution is -2.45. The first kappa shape index (κ1) is 48.7. The second-order valence-electron chi connectivity index (χ2n) is 21.1. The molecule has 3 fully saturated rings. The van der Waals surface area contributed by atoms with Gasteiger partial charge in [-0.3, -0.25) is 19.4 Å². The highest BCUT2D eigenvalue weighted by Gasteiger charge is 2.40. The van der Waals surface area contributed by atoms with Crippen molar-refractivity contribution < 1.29 is 33.4 Å². The quantitative estimate of drug-likeness (QED) is 0.134. The summed E-state index contributed by atoms with van der Waals surface area (Å²) in [4.78, 5) is 59.6. The maximum absolute atomic E-state index is 14.3. The standard InChI is InChI=1S/C54H70N6O7/c1-52(2,3)38-20-24-40(25-21-38)60-44(36-17-22-39(23-18-36)56-48(61)46-13-11-31-58(46)50(63)66-53(4,5)6)29-30-45(60)37-19-28-42(55-34-35-15-26-41(65-10)27-16-35)43(33-37)57-49(62)47-14-12-32-59(47)51(64)67-54(7,8)9/h15-28,33,44-47,55H,11-14,29-32,34H2,1-10H3,(H,56,61)(H,57,62)/t44?,45?,46?,47-/m0/s1. The van der Waals surface area contributed by atoms with Crippen molar-refractivity contribution in [2.24, 2.45) is 0 Å². The third-order valence-electron chi connectivity index (χ3n) is 12.7. The number of nitrogens with zero attached hydrogens (tertiary/aromatic N) is 3. The molecule has 4 aromatic carbocycles. The van der Waals surface area contributed by atoms with E-state index in [1.54, 1.807) is 12.0 Å². The van der Waals surface area contributed by atoms with E-state index >= 15 is 0 Å². The molecule has 4 atom stereocenters. The van der Waals surface area contributed by atoms with Crippen molar-refractivity contribution >= 4 is 46.8 Å². The molecule has 3 unspecified atom stereocenters. The molecule has 0 spiro atoms. The molecule has 0 aromatic heterocycles. The highest BCUT2D eigenvalue weighted by Crippen LogP contribution is 2.48. The van der Waals surface area contributed by atoms with Gasteiger partial charge in [-0.15, -0.1) is 0 Å². The Morgan fingerprint density at radius 1 is 0.597 bits per heavy atom. The summed E-state index contributed by atoms with van der Waals surface area (Å²) in [7, 11) is 1.64. The molecule has 3 saturated heterocycles. The molecule has 0 radical (unpaired) electrons. The van der Waals surface area contributed by atoms with Crippen LogP contribution in [0.3, 0.4) is 0 Å². The molecule has 4 amide bonds. The van der Waals surface area contributed by atoms with Crippen LogP contribution >= 0.6 is 0 Å². The number of rotatable bonds is 11. The van der Waals surface area contributed by atoms with Crippen molar-refractivity contribution in [1.29, 1.82) is 0 Å². The van der Waals surface area contributed by atoms with E-state index in [1.807, 2.05) is 84.0 Å². The normalized spacial score (nSPS) is 19.8. The zero-order chi connectivity index (χ0) is 48.3. The van der Waals surface area contributed by atoms with E-state index in [4.69, 9.17) is 14.2 Å². The lowest BCUT2D eigenvalue weighted by molar-refractivity contribution is -0.121. The molecule has 7 rings (SSSR count). The molecular weight excluding hydrogens is 845 g/mol. The SMILES string of the molecule is COc1ccc(CNc2ccc(C3CCC(c4ccc(NC(=O)C5CCCN5C(=O)OC(C)(C)C)cc4)N3c3ccc(C(C)(C)C)cc3)cc2NC(=O)[C@@H]2CCCN2C(=O)OC(C)(C)C)cc1. The van der Waals surface area contributed by atoms with Crippen LogP contribution < -0.4 is 25.6 Å². The second kappa shape index (κ2) is 19.9. The summed E-state index contributed by atoms with van der Waals surface area (Å²) in [6.07, 6.45) is 3.28. The molecule has 3 aliphatic heterocycles. The number of ether oxygens (including phenoxy) is 3. The minimum absolute atomic E-state index is 0.000444. The van der Waals surface area contributed by atoms with E-state index in [-0.39, 0.29) is 29.3 Å². The summed E-state index contributed by atoms with van der Waals surface area (Å²) in [5, 5.41) is 9.88. The Kier molecular flexibility index (Phi) is 14.5. The molecule has 0 aliphatic carbocycles. The van der Waals surface area contributed by atoms with E-state index in [9.17, 15) is 19.2 Å². The van der Waals surface area contributed by atoms with E-state index in [2.05, 4.69) is 90.2 Å². The van der Waals surface area contributed by atoms with Crippen molar-refractivity contribution in [1.82, 2.24) is 9.80 Å². The first-order valence-corrected chi connectivity index (χ1v) is 23.8. The molecule has 3 N–H and O–H groups in total. The molecule has 4 aromatic rings. The van der Waals surface area contributed by atoms with Gasteiger partial charge in [0.1, 0.15) is 29.0 Å². The Balaban J connectivity index is 1.17. The number of benzene rings is 4. The summed E-state index contributed by atoms with van der Waals surface area (Å²) >= 11 is 0. The Morgan fingerprint density at radius 2 is 1.12 bits per heavy atom. The molecular formula is C54H70N6O7. The van der Waals surface area contributed by atoms with Gasteiger partial charge in [-0.2, -0.15) is 0 Å². The van der Waals surface area contributed by atoms with E-state index in [0.717, 1.165) is 53.1 Å². The van der Waals surface area contributed by atoms with Crippen LogP contribution in [-0.4, -0.2) is 77.3 Å². The molecule has 3 aliphatic rings. The fraction of sp³-hybridized carbons (Fsp3) is 0.481. The Labute approximate surface area is 396 Å². The van der Waals surface area contributed by atoms with Crippen LogP contribution in [0.15, 0.2) is 91.0 Å². The summed E-state index contributed by atoms with van der Waals surface area (Å²) < 4.78 is 16.7. The van der Waals surface area contributed by atoms with Crippen molar-refractivity contribution in [3.63, 3.8) is 0 Å². The summed E-state index contributed by atoms with van der Waals surface area (Å²) in [5.74, 6) is 0.285. The first-order chi connectivity index (χ1) is 31.7. The fourth-order valence-corrected chi connectivity index (χ4v) is 9.31. The van der Waals surface area contributed by atoms with Gasteiger partial charge in [-0.1, -0.05) is 63.2 Å². The number of hydrogen-bond donors (Lipinski definition) is 3. The Bertz CT molecular complexity index is 2380. The van der Waals surface area contributed by atoms with Crippen LogP contribution in [0, 0.1) is 0 Å². The number of amides is 4. The zero-order valence-corrected chi connectivity index (χ0v) is 41.0. The number of likely N-dealkylation sites (tertiary alicyclic amines) is 2. The van der Waals surface area contributed by atoms with Crippen LogP contribution in [0.5, 0.6) is 5.75 Å². The number of methoxy groups -OCH3 is 1. The number of carbonyl (C=O) groups is 4. The maximum Gasteiger partial charge on any atom is 0.410 e. The minimum atomic E-state index is -0.689. The smallest absolute Gasteiger partial charge is 0.410 e. The summed E-state index contributed by atoms with van der Waals surface area (Å²) in [6, 6.07) is 29.7. The zero-order valence-electron chi connectivity index (χ0n) is 41.0. The molecule has 13 heteroatoms. The molecule has 13 nitrogen and oxygen atoms in total. The average molecular weight is 915 g/mol. The number of anilines is 4. The van der Waals surface area contributed by atoms with Crippen molar-refractivity contribution in [2.45, 2.75) is 148 Å². The van der Waals surface area contributed by atoms with Gasteiger partial charge in [0, 0.05) is 31.0 Å². The van der Waals surface area contributed by atoms with Crippen LogP contribution in [0.1, 0.15) is 135 Å². The molecule has 358 valence electrons. The van der Waals surface area contributed by atoms with Gasteiger partial charge < -0.3 is 35.1 Å². The van der Waals surface area contributed by atoms with Crippen molar-refractivity contribution in [3.8, 4) is 5.75 Å². The fourth-order valence-electron chi connectivity index (χ4n) is 9.31. The lowest BCUT2D eigenvalue weighted by Gasteiger charge is -2.34. The van der Waals surface area contributed by atoms with Gasteiger partial charge in [0.05, 0.1) is 30.6 Å². The van der Waals surface area contributed by atoms with E-state index in [1.165, 1.54) is 10.5 Å². The molecule has 3 heterocycles. The number of carbonyl (C=O) groups excluding carboxylic acids is 4.